The standard InChI is InChI=1S/C22H18F3N3O6S/c1-33-19-11-16(18(28(29)30)12-20(19)34-14-15-7-3-2-4-8-15)13-26-27-35(31,32)21-10-6-5-9-17(21)22(23,24)25/h2-13,27H,14H2,1H3. The van der Waals surface area contributed by atoms with Gasteiger partial charge in [-0.3, -0.25) is 10.1 Å². The molecule has 0 aliphatic heterocycles. The van der Waals surface area contributed by atoms with E-state index in [9.17, 15) is 31.7 Å². The van der Waals surface area contributed by atoms with Crippen LogP contribution in [0.5, 0.6) is 11.5 Å². The lowest BCUT2D eigenvalue weighted by Crippen LogP contribution is -2.22. The average molecular weight is 509 g/mol. The maximum absolute atomic E-state index is 13.2. The molecule has 0 bridgehead atoms. The number of nitrogens with one attached hydrogen (secondary N) is 1. The summed E-state index contributed by atoms with van der Waals surface area (Å²) in [6.45, 7) is 0.0974. The quantitative estimate of drug-likeness (QED) is 0.257. The second kappa shape index (κ2) is 10.4. The topological polar surface area (TPSA) is 120 Å². The van der Waals surface area contributed by atoms with Gasteiger partial charge in [0.2, 0.25) is 0 Å². The average Bonchev–Trinajstić information content (AvgIpc) is 2.82. The predicted molar refractivity (Wildman–Crippen MR) is 120 cm³/mol. The van der Waals surface area contributed by atoms with Gasteiger partial charge >= 0.3 is 6.18 Å². The number of rotatable bonds is 9. The van der Waals surface area contributed by atoms with Gasteiger partial charge in [0.05, 0.1) is 35.4 Å². The lowest BCUT2D eigenvalue weighted by molar-refractivity contribution is -0.385. The monoisotopic (exact) mass is 509 g/mol. The highest BCUT2D eigenvalue weighted by atomic mass is 32.2. The molecule has 13 heteroatoms. The number of halogens is 3. The van der Waals surface area contributed by atoms with Crippen molar-refractivity contribution < 1.29 is 36.0 Å². The third kappa shape index (κ3) is 6.26. The van der Waals surface area contributed by atoms with Crippen LogP contribution in [-0.2, 0) is 22.8 Å². The van der Waals surface area contributed by atoms with E-state index in [2.05, 4.69) is 5.10 Å². The van der Waals surface area contributed by atoms with Crippen LogP contribution in [-0.4, -0.2) is 26.7 Å². The fourth-order valence-corrected chi connectivity index (χ4v) is 4.00. The fraction of sp³-hybridized carbons (Fsp3) is 0.136. The summed E-state index contributed by atoms with van der Waals surface area (Å²) in [6, 6.07) is 14.8. The summed E-state index contributed by atoms with van der Waals surface area (Å²) in [4.78, 5) is 11.4. The number of hydrazone groups is 1. The minimum Gasteiger partial charge on any atom is -0.493 e. The Kier molecular flexibility index (Phi) is 7.59. The van der Waals surface area contributed by atoms with Gasteiger partial charge in [-0.15, -0.1) is 0 Å². The number of hydrogen-bond donors (Lipinski definition) is 1. The van der Waals surface area contributed by atoms with E-state index in [0.717, 1.165) is 36.0 Å². The zero-order valence-corrected chi connectivity index (χ0v) is 18.8. The molecule has 3 aromatic rings. The normalized spacial score (nSPS) is 11.9. The van der Waals surface area contributed by atoms with Crippen LogP contribution >= 0.6 is 0 Å². The Balaban J connectivity index is 1.88. The summed E-state index contributed by atoms with van der Waals surface area (Å²) in [5.41, 5.74) is -1.25. The minimum absolute atomic E-state index is 0.0555. The van der Waals surface area contributed by atoms with Gasteiger partial charge < -0.3 is 9.47 Å². The molecule has 0 amide bonds. The molecule has 0 atom stereocenters. The van der Waals surface area contributed by atoms with E-state index in [0.29, 0.717) is 6.07 Å². The van der Waals surface area contributed by atoms with Crippen molar-refractivity contribution in [1.82, 2.24) is 4.83 Å². The van der Waals surface area contributed by atoms with Crippen molar-refractivity contribution in [3.63, 3.8) is 0 Å². The minimum atomic E-state index is -4.92. The van der Waals surface area contributed by atoms with E-state index in [1.165, 1.54) is 13.2 Å². The number of nitro groups is 1. The molecule has 0 saturated carbocycles. The molecule has 184 valence electrons. The first kappa shape index (κ1) is 25.5. The van der Waals surface area contributed by atoms with Crippen molar-refractivity contribution in [3.05, 3.63) is 93.5 Å². The molecule has 3 aromatic carbocycles. The number of hydrogen-bond acceptors (Lipinski definition) is 7. The first-order valence-corrected chi connectivity index (χ1v) is 11.3. The van der Waals surface area contributed by atoms with Gasteiger partial charge in [0.15, 0.2) is 11.5 Å². The second-order valence-corrected chi connectivity index (χ2v) is 8.57. The Morgan fingerprint density at radius 1 is 1.06 bits per heavy atom. The number of alkyl halides is 3. The maximum atomic E-state index is 13.2. The summed E-state index contributed by atoms with van der Waals surface area (Å²) in [5.74, 6) is 0.151. The van der Waals surface area contributed by atoms with Crippen molar-refractivity contribution in [2.75, 3.05) is 7.11 Å². The van der Waals surface area contributed by atoms with E-state index >= 15 is 0 Å². The van der Waals surface area contributed by atoms with Gasteiger partial charge in [0, 0.05) is 0 Å². The number of methoxy groups -OCH3 is 1. The summed E-state index contributed by atoms with van der Waals surface area (Å²) in [5, 5.41) is 15.0. The number of sulfonamides is 1. The zero-order chi connectivity index (χ0) is 25.6. The highest BCUT2D eigenvalue weighted by Gasteiger charge is 2.36. The van der Waals surface area contributed by atoms with Gasteiger partial charge in [-0.25, -0.2) is 4.83 Å². The first-order chi connectivity index (χ1) is 16.5. The molecular formula is C22H18F3N3O6S. The molecule has 0 aromatic heterocycles. The van der Waals surface area contributed by atoms with Crippen molar-refractivity contribution in [3.8, 4) is 11.5 Å². The highest BCUT2D eigenvalue weighted by molar-refractivity contribution is 7.89. The van der Waals surface area contributed by atoms with Crippen LogP contribution < -0.4 is 14.3 Å². The molecule has 1 N–H and O–H groups in total. The molecule has 0 aliphatic rings. The van der Waals surface area contributed by atoms with Crippen LogP contribution in [0.2, 0.25) is 0 Å². The summed E-state index contributed by atoms with van der Waals surface area (Å²) < 4.78 is 75.1. The molecule has 0 unspecified atom stereocenters. The van der Waals surface area contributed by atoms with Crippen molar-refractivity contribution in [2.45, 2.75) is 17.7 Å². The Morgan fingerprint density at radius 3 is 2.34 bits per heavy atom. The highest BCUT2D eigenvalue weighted by Crippen LogP contribution is 2.35. The summed E-state index contributed by atoms with van der Waals surface area (Å²) in [7, 11) is -3.43. The van der Waals surface area contributed by atoms with E-state index in [1.54, 1.807) is 29.1 Å². The summed E-state index contributed by atoms with van der Waals surface area (Å²) >= 11 is 0. The number of ether oxygens (including phenoxy) is 2. The third-order valence-electron chi connectivity index (χ3n) is 4.61. The van der Waals surface area contributed by atoms with E-state index < -0.39 is 37.3 Å². The number of benzene rings is 3. The molecular weight excluding hydrogens is 491 g/mol. The Hall–Kier alpha value is -4.13. The lowest BCUT2D eigenvalue weighted by atomic mass is 10.1. The molecule has 3 rings (SSSR count). The van der Waals surface area contributed by atoms with Gasteiger partial charge in [-0.2, -0.15) is 26.7 Å². The van der Waals surface area contributed by atoms with Gasteiger partial charge in [-0.05, 0) is 23.8 Å². The Labute approximate surface area is 198 Å². The van der Waals surface area contributed by atoms with Gasteiger partial charge in [0.1, 0.15) is 11.5 Å². The van der Waals surface area contributed by atoms with E-state index in [4.69, 9.17) is 9.47 Å². The molecule has 0 fully saturated rings. The smallest absolute Gasteiger partial charge is 0.417 e. The molecule has 0 radical (unpaired) electrons. The molecule has 0 saturated heterocycles. The largest absolute Gasteiger partial charge is 0.493 e. The number of nitro benzene ring substituents is 1. The van der Waals surface area contributed by atoms with E-state index in [1.807, 2.05) is 6.07 Å². The van der Waals surface area contributed by atoms with E-state index in [-0.39, 0.29) is 23.7 Å². The zero-order valence-electron chi connectivity index (χ0n) is 18.0. The van der Waals surface area contributed by atoms with Crippen LogP contribution in [0.4, 0.5) is 18.9 Å². The molecule has 35 heavy (non-hydrogen) atoms. The van der Waals surface area contributed by atoms with Crippen LogP contribution in [0, 0.1) is 10.1 Å². The van der Waals surface area contributed by atoms with Gasteiger partial charge in [-0.1, -0.05) is 42.5 Å². The predicted octanol–water partition coefficient (Wildman–Crippen LogP) is 4.51. The van der Waals surface area contributed by atoms with Crippen molar-refractivity contribution in [2.24, 2.45) is 5.10 Å². The van der Waals surface area contributed by atoms with Crippen LogP contribution in [0.25, 0.3) is 0 Å². The van der Waals surface area contributed by atoms with Gasteiger partial charge in [0.25, 0.3) is 15.7 Å². The second-order valence-electron chi connectivity index (χ2n) is 6.94. The number of nitrogens with zero attached hydrogens (tertiary/aromatic N) is 2. The van der Waals surface area contributed by atoms with Crippen LogP contribution in [0.1, 0.15) is 16.7 Å². The maximum Gasteiger partial charge on any atom is 0.417 e. The van der Waals surface area contributed by atoms with Crippen LogP contribution in [0.15, 0.2) is 76.7 Å². The summed E-state index contributed by atoms with van der Waals surface area (Å²) in [6.07, 6.45) is -4.13. The van der Waals surface area contributed by atoms with Crippen LogP contribution in [0.3, 0.4) is 0 Å². The fourth-order valence-electron chi connectivity index (χ4n) is 2.98. The lowest BCUT2D eigenvalue weighted by Gasteiger charge is -2.13. The molecule has 0 aliphatic carbocycles. The third-order valence-corrected chi connectivity index (χ3v) is 5.89. The molecule has 0 heterocycles. The molecule has 9 nitrogen and oxygen atoms in total. The van der Waals surface area contributed by atoms with Crippen molar-refractivity contribution in [1.29, 1.82) is 0 Å². The Morgan fingerprint density at radius 2 is 1.71 bits per heavy atom. The Bertz CT molecular complexity index is 1350. The first-order valence-electron chi connectivity index (χ1n) is 9.77. The SMILES string of the molecule is COc1cc(C=NNS(=O)(=O)c2ccccc2C(F)(F)F)c([N+](=O)[O-])cc1OCc1ccccc1. The molecule has 0 spiro atoms. The van der Waals surface area contributed by atoms with Crippen molar-refractivity contribution >= 4 is 21.9 Å².